The predicted molar refractivity (Wildman–Crippen MR) is 57.2 cm³/mol. The van der Waals surface area contributed by atoms with Gasteiger partial charge in [0.05, 0.1) is 0 Å². The van der Waals surface area contributed by atoms with Gasteiger partial charge in [-0.2, -0.15) is 0 Å². The van der Waals surface area contributed by atoms with Gasteiger partial charge >= 0.3 is 0 Å². The Morgan fingerprint density at radius 2 is 1.93 bits per heavy atom. The van der Waals surface area contributed by atoms with Crippen LogP contribution in [-0.2, 0) is 0 Å². The van der Waals surface area contributed by atoms with E-state index in [2.05, 4.69) is 0 Å². The molecule has 3 heteroatoms. The summed E-state index contributed by atoms with van der Waals surface area (Å²) in [6.45, 7) is 1.78. The second-order valence-corrected chi connectivity index (χ2v) is 3.52. The third kappa shape index (κ3) is 1.68. The number of hydrogen-bond acceptors (Lipinski definition) is 1. The van der Waals surface area contributed by atoms with Crippen LogP contribution in [0.4, 0.5) is 4.39 Å². The summed E-state index contributed by atoms with van der Waals surface area (Å²) in [5.74, 6) is -0.743. The van der Waals surface area contributed by atoms with E-state index in [1.165, 1.54) is 12.1 Å². The van der Waals surface area contributed by atoms with Gasteiger partial charge < -0.3 is 5.73 Å². The molecule has 1 amide bonds. The minimum Gasteiger partial charge on any atom is -0.366 e. The quantitative estimate of drug-likeness (QED) is 0.759. The molecule has 2 nitrogen and oxygen atoms in total. The largest absolute Gasteiger partial charge is 0.366 e. The molecule has 2 aromatic carbocycles. The molecule has 0 atom stereocenters. The van der Waals surface area contributed by atoms with E-state index >= 15 is 0 Å². The Labute approximate surface area is 86.5 Å². The summed E-state index contributed by atoms with van der Waals surface area (Å²) in [5.41, 5.74) is 6.47. The Balaban J connectivity index is 2.76. The summed E-state index contributed by atoms with van der Waals surface area (Å²) in [4.78, 5) is 11.1. The van der Waals surface area contributed by atoms with Gasteiger partial charge in [0.1, 0.15) is 5.82 Å². The Morgan fingerprint density at radius 1 is 1.20 bits per heavy atom. The van der Waals surface area contributed by atoms with Crippen molar-refractivity contribution >= 4 is 16.7 Å². The number of hydrogen-bond donors (Lipinski definition) is 1. The van der Waals surface area contributed by atoms with E-state index in [0.717, 1.165) is 16.3 Å². The van der Waals surface area contributed by atoms with Crippen LogP contribution >= 0.6 is 0 Å². The molecule has 0 aliphatic carbocycles. The molecule has 0 radical (unpaired) electrons. The van der Waals surface area contributed by atoms with Gasteiger partial charge in [-0.1, -0.05) is 12.1 Å². The minimum absolute atomic E-state index is 0.284. The SMILES string of the molecule is Cc1cc2cc(F)ccc2cc1C(N)=O. The summed E-state index contributed by atoms with van der Waals surface area (Å²) in [7, 11) is 0. The third-order valence-corrected chi connectivity index (χ3v) is 2.41. The molecule has 2 rings (SSSR count). The van der Waals surface area contributed by atoms with E-state index in [9.17, 15) is 9.18 Å². The normalized spacial score (nSPS) is 10.5. The van der Waals surface area contributed by atoms with Gasteiger partial charge in [0.15, 0.2) is 0 Å². The standard InChI is InChI=1S/C12H10FNO/c1-7-4-9-5-10(13)3-2-8(9)6-11(7)12(14)15/h2-6H,1H3,(H2,14,15). The molecule has 76 valence electrons. The molecule has 0 saturated carbocycles. The zero-order valence-electron chi connectivity index (χ0n) is 8.25. The highest BCUT2D eigenvalue weighted by Crippen LogP contribution is 2.20. The third-order valence-electron chi connectivity index (χ3n) is 2.41. The van der Waals surface area contributed by atoms with E-state index < -0.39 is 5.91 Å². The number of carbonyl (C=O) groups excluding carboxylic acids is 1. The van der Waals surface area contributed by atoms with Crippen LogP contribution in [0.15, 0.2) is 30.3 Å². The number of aryl methyl sites for hydroxylation is 1. The first kappa shape index (κ1) is 9.65. The molecule has 15 heavy (non-hydrogen) atoms. The maximum Gasteiger partial charge on any atom is 0.248 e. The monoisotopic (exact) mass is 203 g/mol. The van der Waals surface area contributed by atoms with Crippen molar-refractivity contribution in [1.29, 1.82) is 0 Å². The fourth-order valence-corrected chi connectivity index (χ4v) is 1.65. The lowest BCUT2D eigenvalue weighted by atomic mass is 10.0. The van der Waals surface area contributed by atoms with E-state index in [1.54, 1.807) is 25.1 Å². The van der Waals surface area contributed by atoms with Crippen LogP contribution in [-0.4, -0.2) is 5.91 Å². The lowest BCUT2D eigenvalue weighted by Gasteiger charge is -2.04. The topological polar surface area (TPSA) is 43.1 Å². The first-order valence-corrected chi connectivity index (χ1v) is 4.57. The van der Waals surface area contributed by atoms with Crippen LogP contribution in [0.5, 0.6) is 0 Å². The second kappa shape index (κ2) is 3.35. The van der Waals surface area contributed by atoms with Gasteiger partial charge in [-0.3, -0.25) is 4.79 Å². The van der Waals surface area contributed by atoms with Crippen molar-refractivity contribution in [2.45, 2.75) is 6.92 Å². The average Bonchev–Trinajstić information content (AvgIpc) is 2.15. The fourth-order valence-electron chi connectivity index (χ4n) is 1.65. The Morgan fingerprint density at radius 3 is 2.60 bits per heavy atom. The Hall–Kier alpha value is -1.90. The Kier molecular flexibility index (Phi) is 2.15. The zero-order chi connectivity index (χ0) is 11.0. The number of nitrogens with two attached hydrogens (primary N) is 1. The highest BCUT2D eigenvalue weighted by molar-refractivity contribution is 5.99. The van der Waals surface area contributed by atoms with Gasteiger partial charge in [-0.15, -0.1) is 0 Å². The molecule has 0 unspecified atom stereocenters. The molecule has 0 saturated heterocycles. The number of primary amides is 1. The summed E-state index contributed by atoms with van der Waals surface area (Å²) in [6.07, 6.45) is 0. The Bertz CT molecular complexity index is 549. The smallest absolute Gasteiger partial charge is 0.248 e. The molecule has 0 fully saturated rings. The first-order chi connectivity index (χ1) is 7.08. The van der Waals surface area contributed by atoms with E-state index in [0.29, 0.717) is 5.56 Å². The molecular formula is C12H10FNO. The van der Waals surface area contributed by atoms with Crippen molar-refractivity contribution < 1.29 is 9.18 Å². The average molecular weight is 203 g/mol. The van der Waals surface area contributed by atoms with Gasteiger partial charge in [-0.05, 0) is 41.5 Å². The van der Waals surface area contributed by atoms with Crippen molar-refractivity contribution in [1.82, 2.24) is 0 Å². The number of carbonyl (C=O) groups is 1. The number of fused-ring (bicyclic) bond motifs is 1. The van der Waals surface area contributed by atoms with Crippen LogP contribution in [0.25, 0.3) is 10.8 Å². The van der Waals surface area contributed by atoms with Crippen molar-refractivity contribution in [3.8, 4) is 0 Å². The minimum atomic E-state index is -0.460. The summed E-state index contributed by atoms with van der Waals surface area (Å²) >= 11 is 0. The molecule has 0 aromatic heterocycles. The summed E-state index contributed by atoms with van der Waals surface area (Å²) in [6, 6.07) is 7.89. The highest BCUT2D eigenvalue weighted by atomic mass is 19.1. The molecule has 0 heterocycles. The van der Waals surface area contributed by atoms with Crippen LogP contribution < -0.4 is 5.73 Å². The van der Waals surface area contributed by atoms with Crippen molar-refractivity contribution in [3.63, 3.8) is 0 Å². The predicted octanol–water partition coefficient (Wildman–Crippen LogP) is 2.39. The number of rotatable bonds is 1. The number of benzene rings is 2. The van der Waals surface area contributed by atoms with Gasteiger partial charge in [0.2, 0.25) is 5.91 Å². The lowest BCUT2D eigenvalue weighted by molar-refractivity contribution is 0.1000. The lowest BCUT2D eigenvalue weighted by Crippen LogP contribution is -2.12. The summed E-state index contributed by atoms with van der Waals surface area (Å²) in [5, 5.41) is 1.59. The fraction of sp³-hybridized carbons (Fsp3) is 0.0833. The second-order valence-electron chi connectivity index (χ2n) is 3.52. The van der Waals surface area contributed by atoms with Crippen molar-refractivity contribution in [2.75, 3.05) is 0 Å². The maximum absolute atomic E-state index is 12.9. The molecule has 0 aliphatic heterocycles. The van der Waals surface area contributed by atoms with Gasteiger partial charge in [0, 0.05) is 5.56 Å². The van der Waals surface area contributed by atoms with Gasteiger partial charge in [0.25, 0.3) is 0 Å². The maximum atomic E-state index is 12.9. The first-order valence-electron chi connectivity index (χ1n) is 4.57. The van der Waals surface area contributed by atoms with Crippen LogP contribution in [0, 0.1) is 12.7 Å². The summed E-state index contributed by atoms with van der Waals surface area (Å²) < 4.78 is 12.9. The van der Waals surface area contributed by atoms with E-state index in [1.807, 2.05) is 0 Å². The molecular weight excluding hydrogens is 193 g/mol. The van der Waals surface area contributed by atoms with Gasteiger partial charge in [-0.25, -0.2) is 4.39 Å². The molecule has 0 spiro atoms. The zero-order valence-corrected chi connectivity index (χ0v) is 8.25. The van der Waals surface area contributed by atoms with Crippen molar-refractivity contribution in [2.24, 2.45) is 5.73 Å². The number of amides is 1. The molecule has 2 N–H and O–H groups in total. The number of halogens is 1. The van der Waals surface area contributed by atoms with E-state index in [4.69, 9.17) is 5.73 Å². The van der Waals surface area contributed by atoms with Crippen LogP contribution in [0.3, 0.4) is 0 Å². The van der Waals surface area contributed by atoms with Crippen LogP contribution in [0.2, 0.25) is 0 Å². The highest BCUT2D eigenvalue weighted by Gasteiger charge is 2.06. The van der Waals surface area contributed by atoms with Crippen molar-refractivity contribution in [3.05, 3.63) is 47.3 Å². The van der Waals surface area contributed by atoms with E-state index in [-0.39, 0.29) is 5.82 Å². The molecule has 0 aliphatic rings. The molecule has 2 aromatic rings. The van der Waals surface area contributed by atoms with Crippen LogP contribution in [0.1, 0.15) is 15.9 Å². The molecule has 0 bridgehead atoms.